The monoisotopic (exact) mass is 390 g/mol. The maximum atomic E-state index is 11.8. The smallest absolute Gasteiger partial charge is 0.222 e. The minimum atomic E-state index is 0.222. The predicted octanol–water partition coefficient (Wildman–Crippen LogP) is 2.17. The van der Waals surface area contributed by atoms with Crippen LogP contribution in [0.2, 0.25) is 0 Å². The molecule has 1 fully saturated rings. The molecule has 7 nitrogen and oxygen atoms in total. The Morgan fingerprint density at radius 2 is 2.07 bits per heavy atom. The Labute approximate surface area is 168 Å². The molecule has 28 heavy (non-hydrogen) atoms. The van der Waals surface area contributed by atoms with Gasteiger partial charge < -0.3 is 25.0 Å². The van der Waals surface area contributed by atoms with Gasteiger partial charge in [0, 0.05) is 45.2 Å². The number of rotatable bonds is 10. The summed E-state index contributed by atoms with van der Waals surface area (Å²) in [6.07, 6.45) is 2.39. The van der Waals surface area contributed by atoms with Crippen molar-refractivity contribution in [3.63, 3.8) is 0 Å². The van der Waals surface area contributed by atoms with E-state index in [1.54, 1.807) is 7.11 Å². The van der Waals surface area contributed by atoms with Gasteiger partial charge in [0.15, 0.2) is 5.96 Å². The molecule has 1 amide bonds. The van der Waals surface area contributed by atoms with E-state index >= 15 is 0 Å². The SMILES string of the molecule is CCNC(=NCCCOCc1ccc(OC)cc1)NC1CCN(C(=O)CC)C1. The first-order chi connectivity index (χ1) is 13.7. The molecule has 1 atom stereocenters. The largest absolute Gasteiger partial charge is 0.497 e. The first-order valence-electron chi connectivity index (χ1n) is 10.2. The zero-order valence-electron chi connectivity index (χ0n) is 17.4. The number of likely N-dealkylation sites (tertiary alicyclic amines) is 1. The van der Waals surface area contributed by atoms with Crippen LogP contribution in [-0.2, 0) is 16.1 Å². The molecule has 2 rings (SSSR count). The van der Waals surface area contributed by atoms with E-state index in [9.17, 15) is 4.79 Å². The fourth-order valence-electron chi connectivity index (χ4n) is 3.11. The summed E-state index contributed by atoms with van der Waals surface area (Å²) < 4.78 is 10.9. The molecule has 7 heteroatoms. The van der Waals surface area contributed by atoms with Gasteiger partial charge >= 0.3 is 0 Å². The number of benzene rings is 1. The van der Waals surface area contributed by atoms with Gasteiger partial charge in [0.2, 0.25) is 5.91 Å². The third-order valence-corrected chi connectivity index (χ3v) is 4.67. The van der Waals surface area contributed by atoms with Crippen LogP contribution < -0.4 is 15.4 Å². The molecule has 0 radical (unpaired) electrons. The average molecular weight is 391 g/mol. The minimum Gasteiger partial charge on any atom is -0.497 e. The Bertz CT molecular complexity index is 619. The molecule has 156 valence electrons. The number of nitrogens with one attached hydrogen (secondary N) is 2. The summed E-state index contributed by atoms with van der Waals surface area (Å²) in [5.74, 6) is 1.89. The second kappa shape index (κ2) is 12.2. The van der Waals surface area contributed by atoms with E-state index in [4.69, 9.17) is 9.47 Å². The number of ether oxygens (including phenoxy) is 2. The molecule has 2 N–H and O–H groups in total. The molecule has 1 aromatic carbocycles. The van der Waals surface area contributed by atoms with Crippen LogP contribution >= 0.6 is 0 Å². The molecule has 1 aromatic rings. The fourth-order valence-corrected chi connectivity index (χ4v) is 3.11. The quantitative estimate of drug-likeness (QED) is 0.364. The summed E-state index contributed by atoms with van der Waals surface area (Å²) in [6.45, 7) is 8.30. The van der Waals surface area contributed by atoms with Crippen LogP contribution in [0, 0.1) is 0 Å². The van der Waals surface area contributed by atoms with Crippen LogP contribution in [0.25, 0.3) is 0 Å². The van der Waals surface area contributed by atoms with Crippen LogP contribution in [-0.4, -0.2) is 62.7 Å². The van der Waals surface area contributed by atoms with Crippen LogP contribution in [0.3, 0.4) is 0 Å². The Morgan fingerprint density at radius 1 is 1.29 bits per heavy atom. The van der Waals surface area contributed by atoms with E-state index in [-0.39, 0.29) is 11.9 Å². The number of amides is 1. The van der Waals surface area contributed by atoms with E-state index in [2.05, 4.69) is 22.5 Å². The van der Waals surface area contributed by atoms with Crippen molar-refractivity contribution in [3.05, 3.63) is 29.8 Å². The summed E-state index contributed by atoms with van der Waals surface area (Å²) in [6, 6.07) is 8.17. The van der Waals surface area contributed by atoms with Crippen molar-refractivity contribution in [3.8, 4) is 5.75 Å². The molecule has 0 saturated carbocycles. The van der Waals surface area contributed by atoms with Gasteiger partial charge in [0.25, 0.3) is 0 Å². The fraction of sp³-hybridized carbons (Fsp3) is 0.619. The van der Waals surface area contributed by atoms with Crippen molar-refractivity contribution in [1.29, 1.82) is 0 Å². The number of aliphatic imine (C=N–C) groups is 1. The summed E-state index contributed by atoms with van der Waals surface area (Å²) in [5.41, 5.74) is 1.13. The topological polar surface area (TPSA) is 75.2 Å². The van der Waals surface area contributed by atoms with Gasteiger partial charge in [-0.3, -0.25) is 9.79 Å². The number of carbonyl (C=O) groups is 1. The van der Waals surface area contributed by atoms with Gasteiger partial charge in [-0.1, -0.05) is 19.1 Å². The Morgan fingerprint density at radius 3 is 2.75 bits per heavy atom. The summed E-state index contributed by atoms with van der Waals surface area (Å²) in [7, 11) is 1.66. The highest BCUT2D eigenvalue weighted by atomic mass is 16.5. The molecule has 0 spiro atoms. The van der Waals surface area contributed by atoms with Crippen LogP contribution in [0.4, 0.5) is 0 Å². The Balaban J connectivity index is 1.67. The maximum absolute atomic E-state index is 11.8. The van der Waals surface area contributed by atoms with Crippen LogP contribution in [0.5, 0.6) is 5.75 Å². The van der Waals surface area contributed by atoms with Gasteiger partial charge in [-0.15, -0.1) is 0 Å². The van der Waals surface area contributed by atoms with Gasteiger partial charge in [0.05, 0.1) is 13.7 Å². The third-order valence-electron chi connectivity index (χ3n) is 4.67. The highest BCUT2D eigenvalue weighted by Gasteiger charge is 2.25. The van der Waals surface area contributed by atoms with E-state index in [0.29, 0.717) is 26.2 Å². The molecule has 0 aliphatic carbocycles. The van der Waals surface area contributed by atoms with Crippen LogP contribution in [0.1, 0.15) is 38.7 Å². The second-order valence-electron chi connectivity index (χ2n) is 6.84. The molecular formula is C21H34N4O3. The molecule has 0 bridgehead atoms. The molecule has 1 unspecified atom stereocenters. The van der Waals surface area contributed by atoms with Crippen molar-refractivity contribution in [2.75, 3.05) is 39.9 Å². The molecule has 1 saturated heterocycles. The lowest BCUT2D eigenvalue weighted by Crippen LogP contribution is -2.45. The number of carbonyl (C=O) groups excluding carboxylic acids is 1. The molecular weight excluding hydrogens is 356 g/mol. The number of hydrogen-bond donors (Lipinski definition) is 2. The normalized spacial score (nSPS) is 16.9. The minimum absolute atomic E-state index is 0.222. The Kier molecular flexibility index (Phi) is 9.62. The number of nitrogens with zero attached hydrogens (tertiary/aromatic N) is 2. The zero-order chi connectivity index (χ0) is 20.2. The predicted molar refractivity (Wildman–Crippen MR) is 112 cm³/mol. The second-order valence-corrected chi connectivity index (χ2v) is 6.84. The summed E-state index contributed by atoms with van der Waals surface area (Å²) >= 11 is 0. The highest BCUT2D eigenvalue weighted by Crippen LogP contribution is 2.12. The van der Waals surface area contributed by atoms with Crippen molar-refractivity contribution in [2.24, 2.45) is 4.99 Å². The summed E-state index contributed by atoms with van der Waals surface area (Å²) in [4.78, 5) is 18.4. The lowest BCUT2D eigenvalue weighted by Gasteiger charge is -2.18. The Hall–Kier alpha value is -2.28. The third kappa shape index (κ3) is 7.38. The van der Waals surface area contributed by atoms with Crippen molar-refractivity contribution in [2.45, 2.75) is 45.8 Å². The van der Waals surface area contributed by atoms with Crippen LogP contribution in [0.15, 0.2) is 29.3 Å². The van der Waals surface area contributed by atoms with Gasteiger partial charge in [0.1, 0.15) is 5.75 Å². The lowest BCUT2D eigenvalue weighted by molar-refractivity contribution is -0.129. The first kappa shape index (κ1) is 22.0. The number of hydrogen-bond acceptors (Lipinski definition) is 4. The van der Waals surface area contributed by atoms with E-state index in [1.165, 1.54) is 0 Å². The van der Waals surface area contributed by atoms with Gasteiger partial charge in [-0.25, -0.2) is 0 Å². The van der Waals surface area contributed by atoms with Gasteiger partial charge in [-0.05, 0) is 37.5 Å². The average Bonchev–Trinajstić information content (AvgIpc) is 3.19. The molecule has 0 aromatic heterocycles. The molecule has 1 aliphatic rings. The van der Waals surface area contributed by atoms with Crippen molar-refractivity contribution in [1.82, 2.24) is 15.5 Å². The standard InChI is InChI=1S/C21H34N4O3/c1-4-20(26)25-13-11-18(15-25)24-21(22-5-2)23-12-6-14-28-16-17-7-9-19(27-3)10-8-17/h7-10,18H,4-6,11-16H2,1-3H3,(H2,22,23,24). The van der Waals surface area contributed by atoms with Crippen molar-refractivity contribution >= 4 is 11.9 Å². The van der Waals surface area contributed by atoms with E-state index < -0.39 is 0 Å². The van der Waals surface area contributed by atoms with Crippen molar-refractivity contribution < 1.29 is 14.3 Å². The highest BCUT2D eigenvalue weighted by molar-refractivity contribution is 5.80. The zero-order valence-corrected chi connectivity index (χ0v) is 17.4. The first-order valence-corrected chi connectivity index (χ1v) is 10.2. The number of methoxy groups -OCH3 is 1. The van der Waals surface area contributed by atoms with Gasteiger partial charge in [-0.2, -0.15) is 0 Å². The number of guanidine groups is 1. The van der Waals surface area contributed by atoms with E-state index in [0.717, 1.165) is 49.7 Å². The maximum Gasteiger partial charge on any atom is 0.222 e. The summed E-state index contributed by atoms with van der Waals surface area (Å²) in [5, 5.41) is 6.72. The lowest BCUT2D eigenvalue weighted by atomic mass is 10.2. The van der Waals surface area contributed by atoms with E-state index in [1.807, 2.05) is 36.1 Å². The molecule has 1 heterocycles. The molecule has 1 aliphatic heterocycles.